The summed E-state index contributed by atoms with van der Waals surface area (Å²) in [6.45, 7) is 1.75. The quantitative estimate of drug-likeness (QED) is 0.718. The average molecular weight is 326 g/mol. The van der Waals surface area contributed by atoms with E-state index >= 15 is 0 Å². The summed E-state index contributed by atoms with van der Waals surface area (Å²) >= 11 is 0. The molecule has 3 rings (SSSR count). The maximum absolute atomic E-state index is 12.9. The van der Waals surface area contributed by atoms with Gasteiger partial charge in [-0.2, -0.15) is 0 Å². The summed E-state index contributed by atoms with van der Waals surface area (Å²) in [5.74, 6) is -1.78. The Balaban J connectivity index is 2.43. The number of fused-ring (bicyclic) bond motifs is 1. The standard InChI is InChI=1S/C18H14O6/c1-2-23-18(22)17-14(10-6-4-3-5-7-10)16(21)15-12(20)8-11(19)9-13(15)24-17/h3-9,19-20H,2H2,1H3. The Kier molecular flexibility index (Phi) is 3.95. The zero-order valence-electron chi connectivity index (χ0n) is 12.8. The predicted molar refractivity (Wildman–Crippen MR) is 87.2 cm³/mol. The van der Waals surface area contributed by atoms with Gasteiger partial charge in [0.25, 0.3) is 0 Å². The van der Waals surface area contributed by atoms with Crippen LogP contribution in [0.25, 0.3) is 22.1 Å². The molecule has 0 aliphatic heterocycles. The lowest BCUT2D eigenvalue weighted by Crippen LogP contribution is -2.15. The molecule has 0 aliphatic carbocycles. The number of benzene rings is 2. The van der Waals surface area contributed by atoms with Crippen molar-refractivity contribution >= 4 is 16.9 Å². The number of rotatable bonds is 3. The Morgan fingerprint density at radius 2 is 1.88 bits per heavy atom. The maximum Gasteiger partial charge on any atom is 0.375 e. The minimum atomic E-state index is -0.793. The average Bonchev–Trinajstić information content (AvgIpc) is 2.54. The topological polar surface area (TPSA) is 97.0 Å². The zero-order chi connectivity index (χ0) is 17.3. The van der Waals surface area contributed by atoms with Crippen molar-refractivity contribution in [2.45, 2.75) is 6.92 Å². The normalized spacial score (nSPS) is 10.7. The number of carbonyl (C=O) groups is 1. The highest BCUT2D eigenvalue weighted by atomic mass is 16.5. The van der Waals surface area contributed by atoms with E-state index in [1.807, 2.05) is 0 Å². The number of hydrogen-bond acceptors (Lipinski definition) is 6. The molecule has 1 heterocycles. The molecule has 0 saturated carbocycles. The Morgan fingerprint density at radius 1 is 1.17 bits per heavy atom. The molecule has 0 unspecified atom stereocenters. The van der Waals surface area contributed by atoms with Gasteiger partial charge in [0, 0.05) is 12.1 Å². The lowest BCUT2D eigenvalue weighted by molar-refractivity contribution is 0.0492. The van der Waals surface area contributed by atoms with Crippen LogP contribution in [0, 0.1) is 0 Å². The van der Waals surface area contributed by atoms with Crippen LogP contribution in [-0.2, 0) is 4.74 Å². The Labute approximate surface area is 136 Å². The third kappa shape index (κ3) is 2.58. The van der Waals surface area contributed by atoms with Gasteiger partial charge in [0.2, 0.25) is 11.2 Å². The van der Waals surface area contributed by atoms with Gasteiger partial charge < -0.3 is 19.4 Å². The van der Waals surface area contributed by atoms with Gasteiger partial charge in [-0.1, -0.05) is 30.3 Å². The van der Waals surface area contributed by atoms with Gasteiger partial charge in [-0.15, -0.1) is 0 Å². The zero-order valence-corrected chi connectivity index (χ0v) is 12.8. The number of phenolic OH excluding ortho intramolecular Hbond substituents is 2. The number of ether oxygens (including phenoxy) is 1. The molecule has 6 heteroatoms. The van der Waals surface area contributed by atoms with E-state index in [1.165, 1.54) is 0 Å². The molecular formula is C18H14O6. The highest BCUT2D eigenvalue weighted by Crippen LogP contribution is 2.32. The summed E-state index contributed by atoms with van der Waals surface area (Å²) in [6, 6.07) is 10.7. The first kappa shape index (κ1) is 15.6. The minimum Gasteiger partial charge on any atom is -0.508 e. The molecule has 1 aromatic heterocycles. The molecule has 0 radical (unpaired) electrons. The van der Waals surface area contributed by atoms with Crippen LogP contribution in [0.2, 0.25) is 0 Å². The second-order valence-corrected chi connectivity index (χ2v) is 5.06. The van der Waals surface area contributed by atoms with E-state index in [2.05, 4.69) is 0 Å². The first-order valence-electron chi connectivity index (χ1n) is 7.28. The van der Waals surface area contributed by atoms with Crippen molar-refractivity contribution < 1.29 is 24.2 Å². The van der Waals surface area contributed by atoms with E-state index in [9.17, 15) is 19.8 Å². The van der Waals surface area contributed by atoms with Gasteiger partial charge in [0.05, 0.1) is 12.2 Å². The minimum absolute atomic E-state index is 0.00235. The fourth-order valence-electron chi connectivity index (χ4n) is 2.49. The highest BCUT2D eigenvalue weighted by molar-refractivity contribution is 5.99. The first-order chi connectivity index (χ1) is 11.5. The summed E-state index contributed by atoms with van der Waals surface area (Å²) in [6.07, 6.45) is 0. The summed E-state index contributed by atoms with van der Waals surface area (Å²) in [4.78, 5) is 25.1. The van der Waals surface area contributed by atoms with Gasteiger partial charge in [0.15, 0.2) is 0 Å². The van der Waals surface area contributed by atoms with Gasteiger partial charge in [0.1, 0.15) is 22.5 Å². The van der Waals surface area contributed by atoms with E-state index in [0.29, 0.717) is 5.56 Å². The highest BCUT2D eigenvalue weighted by Gasteiger charge is 2.24. The van der Waals surface area contributed by atoms with Crippen LogP contribution in [0.3, 0.4) is 0 Å². The molecule has 2 aromatic carbocycles. The van der Waals surface area contributed by atoms with E-state index in [1.54, 1.807) is 37.3 Å². The molecule has 3 aromatic rings. The number of phenols is 2. The van der Waals surface area contributed by atoms with Crippen LogP contribution in [0.5, 0.6) is 11.5 Å². The lowest BCUT2D eigenvalue weighted by atomic mass is 10.0. The fraction of sp³-hybridized carbons (Fsp3) is 0.111. The van der Waals surface area contributed by atoms with Crippen molar-refractivity contribution in [1.29, 1.82) is 0 Å². The van der Waals surface area contributed by atoms with Crippen molar-refractivity contribution in [3.8, 4) is 22.6 Å². The van der Waals surface area contributed by atoms with Gasteiger partial charge >= 0.3 is 5.97 Å². The molecule has 0 spiro atoms. The fourth-order valence-corrected chi connectivity index (χ4v) is 2.49. The number of esters is 1. The first-order valence-corrected chi connectivity index (χ1v) is 7.28. The van der Waals surface area contributed by atoms with Crippen LogP contribution in [0.1, 0.15) is 17.5 Å². The van der Waals surface area contributed by atoms with E-state index < -0.39 is 17.1 Å². The number of aromatic hydroxyl groups is 2. The molecule has 0 aliphatic rings. The van der Waals surface area contributed by atoms with Crippen LogP contribution in [-0.4, -0.2) is 22.8 Å². The molecule has 0 fully saturated rings. The molecular weight excluding hydrogens is 312 g/mol. The monoisotopic (exact) mass is 326 g/mol. The van der Waals surface area contributed by atoms with E-state index in [4.69, 9.17) is 9.15 Å². The number of carbonyl (C=O) groups excluding carboxylic acids is 1. The predicted octanol–water partition coefficient (Wildman–Crippen LogP) is 3.05. The molecule has 6 nitrogen and oxygen atoms in total. The van der Waals surface area contributed by atoms with Crippen molar-refractivity contribution in [2.24, 2.45) is 0 Å². The second-order valence-electron chi connectivity index (χ2n) is 5.06. The lowest BCUT2D eigenvalue weighted by Gasteiger charge is -2.10. The summed E-state index contributed by atoms with van der Waals surface area (Å²) in [5.41, 5.74) is -0.213. The van der Waals surface area contributed by atoms with E-state index in [0.717, 1.165) is 12.1 Å². The van der Waals surface area contributed by atoms with E-state index in [-0.39, 0.29) is 34.6 Å². The van der Waals surface area contributed by atoms with Crippen LogP contribution in [0.4, 0.5) is 0 Å². The van der Waals surface area contributed by atoms with Gasteiger partial charge in [-0.25, -0.2) is 4.79 Å². The molecule has 122 valence electrons. The third-order valence-electron chi connectivity index (χ3n) is 3.48. The van der Waals surface area contributed by atoms with Crippen molar-refractivity contribution in [2.75, 3.05) is 6.61 Å². The van der Waals surface area contributed by atoms with Gasteiger partial charge in [-0.05, 0) is 12.5 Å². The number of hydrogen-bond donors (Lipinski definition) is 2. The second kappa shape index (κ2) is 6.08. The summed E-state index contributed by atoms with van der Waals surface area (Å²) in [5, 5.41) is 19.5. The van der Waals surface area contributed by atoms with Crippen molar-refractivity contribution in [3.05, 3.63) is 58.4 Å². The molecule has 0 bridgehead atoms. The Bertz CT molecular complexity index is 972. The van der Waals surface area contributed by atoms with Crippen LogP contribution < -0.4 is 5.43 Å². The summed E-state index contributed by atoms with van der Waals surface area (Å²) < 4.78 is 10.5. The maximum atomic E-state index is 12.9. The smallest absolute Gasteiger partial charge is 0.375 e. The third-order valence-corrected chi connectivity index (χ3v) is 3.48. The van der Waals surface area contributed by atoms with Crippen molar-refractivity contribution in [3.63, 3.8) is 0 Å². The SMILES string of the molecule is CCOC(=O)c1oc2cc(O)cc(O)c2c(=O)c1-c1ccccc1. The molecule has 0 saturated heterocycles. The largest absolute Gasteiger partial charge is 0.508 e. The molecule has 0 atom stereocenters. The van der Waals surface area contributed by atoms with Gasteiger partial charge in [-0.3, -0.25) is 4.79 Å². The van der Waals surface area contributed by atoms with Crippen LogP contribution >= 0.6 is 0 Å². The molecule has 24 heavy (non-hydrogen) atoms. The van der Waals surface area contributed by atoms with Crippen LogP contribution in [0.15, 0.2) is 51.7 Å². The molecule has 0 amide bonds. The Morgan fingerprint density at radius 3 is 2.54 bits per heavy atom. The van der Waals surface area contributed by atoms with Crippen molar-refractivity contribution in [1.82, 2.24) is 0 Å². The molecule has 2 N–H and O–H groups in total. The summed E-state index contributed by atoms with van der Waals surface area (Å²) in [7, 11) is 0. The Hall–Kier alpha value is -3.28.